The van der Waals surface area contributed by atoms with Crippen molar-refractivity contribution in [2.45, 2.75) is 6.42 Å². The smallest absolute Gasteiger partial charge is 0.356 e. The van der Waals surface area contributed by atoms with Crippen LogP contribution in [0.2, 0.25) is 10.0 Å². The average Bonchev–Trinajstić information content (AvgIpc) is 2.35. The van der Waals surface area contributed by atoms with Gasteiger partial charge in [-0.1, -0.05) is 29.3 Å². The Hall–Kier alpha value is -1.72. The van der Waals surface area contributed by atoms with E-state index in [4.69, 9.17) is 28.3 Å². The summed E-state index contributed by atoms with van der Waals surface area (Å²) in [5.74, 6) is -1.63. The van der Waals surface area contributed by atoms with Gasteiger partial charge in [-0.2, -0.15) is 0 Å². The molecule has 4 nitrogen and oxygen atoms in total. The number of aromatic nitrogens is 2. The molecule has 0 aliphatic carbocycles. The number of hydrogen-bond donors (Lipinski definition) is 1. The van der Waals surface area contributed by atoms with Crippen LogP contribution in [0, 0.1) is 5.82 Å². The van der Waals surface area contributed by atoms with Crippen LogP contribution in [0.3, 0.4) is 0 Å². The van der Waals surface area contributed by atoms with Gasteiger partial charge in [0, 0.05) is 17.0 Å². The van der Waals surface area contributed by atoms with Crippen molar-refractivity contribution in [2.24, 2.45) is 0 Å². The van der Waals surface area contributed by atoms with E-state index in [1.165, 1.54) is 24.4 Å². The maximum absolute atomic E-state index is 13.6. The zero-order chi connectivity index (χ0) is 14.0. The molecule has 7 heteroatoms. The Morgan fingerprint density at radius 3 is 2.68 bits per heavy atom. The van der Waals surface area contributed by atoms with Gasteiger partial charge in [0.15, 0.2) is 5.69 Å². The van der Waals surface area contributed by atoms with Crippen LogP contribution in [0.1, 0.15) is 21.9 Å². The largest absolute Gasteiger partial charge is 0.476 e. The van der Waals surface area contributed by atoms with E-state index in [9.17, 15) is 9.18 Å². The van der Waals surface area contributed by atoms with Crippen LogP contribution in [0.25, 0.3) is 0 Å². The fraction of sp³-hybridized carbons (Fsp3) is 0.0833. The summed E-state index contributed by atoms with van der Waals surface area (Å²) < 4.78 is 13.6. The van der Waals surface area contributed by atoms with Crippen molar-refractivity contribution in [1.29, 1.82) is 0 Å². The van der Waals surface area contributed by atoms with Crippen molar-refractivity contribution in [1.82, 2.24) is 9.97 Å². The number of carbonyl (C=O) groups is 1. The normalized spacial score (nSPS) is 10.5. The Labute approximate surface area is 117 Å². The van der Waals surface area contributed by atoms with Gasteiger partial charge in [-0.25, -0.2) is 19.2 Å². The van der Waals surface area contributed by atoms with Crippen LogP contribution in [0.5, 0.6) is 0 Å². The highest BCUT2D eigenvalue weighted by Gasteiger charge is 2.15. The lowest BCUT2D eigenvalue weighted by Crippen LogP contribution is -2.07. The molecule has 0 saturated heterocycles. The minimum atomic E-state index is -1.27. The number of benzene rings is 1. The van der Waals surface area contributed by atoms with Gasteiger partial charge in [0.1, 0.15) is 11.6 Å². The molecule has 0 saturated carbocycles. The summed E-state index contributed by atoms with van der Waals surface area (Å²) >= 11 is 11.5. The van der Waals surface area contributed by atoms with Crippen LogP contribution in [0.4, 0.5) is 4.39 Å². The second-order valence-corrected chi connectivity index (χ2v) is 4.48. The number of rotatable bonds is 3. The van der Waals surface area contributed by atoms with Gasteiger partial charge < -0.3 is 5.11 Å². The molecule has 0 amide bonds. The Bertz CT molecular complexity index is 629. The number of hydrogen-bond acceptors (Lipinski definition) is 3. The van der Waals surface area contributed by atoms with E-state index < -0.39 is 11.8 Å². The topological polar surface area (TPSA) is 63.1 Å². The molecule has 0 unspecified atom stereocenters. The summed E-state index contributed by atoms with van der Waals surface area (Å²) in [6.07, 6.45) is 1.16. The highest BCUT2D eigenvalue weighted by molar-refractivity contribution is 6.33. The number of halogens is 3. The predicted molar refractivity (Wildman–Crippen MR) is 68.2 cm³/mol. The first-order valence-corrected chi connectivity index (χ1v) is 5.92. The zero-order valence-electron chi connectivity index (χ0n) is 9.40. The van der Waals surface area contributed by atoms with Crippen LogP contribution >= 0.6 is 23.2 Å². The molecular weight excluding hydrogens is 294 g/mol. The highest BCUT2D eigenvalue weighted by Crippen LogP contribution is 2.22. The lowest BCUT2D eigenvalue weighted by molar-refractivity contribution is 0.0690. The quantitative estimate of drug-likeness (QED) is 0.945. The summed E-state index contributed by atoms with van der Waals surface area (Å²) in [5.41, 5.74) is -0.109. The Balaban J connectivity index is 2.39. The van der Waals surface area contributed by atoms with Gasteiger partial charge >= 0.3 is 5.97 Å². The Morgan fingerprint density at radius 2 is 2.05 bits per heavy atom. The Kier molecular flexibility index (Phi) is 3.97. The van der Waals surface area contributed by atoms with Crippen molar-refractivity contribution >= 4 is 29.2 Å². The van der Waals surface area contributed by atoms with Gasteiger partial charge in [-0.15, -0.1) is 0 Å². The van der Waals surface area contributed by atoms with Crippen LogP contribution in [-0.2, 0) is 6.42 Å². The minimum Gasteiger partial charge on any atom is -0.476 e. The fourth-order valence-corrected chi connectivity index (χ4v) is 1.90. The third kappa shape index (κ3) is 3.00. The molecule has 0 fully saturated rings. The predicted octanol–water partition coefficient (Wildman–Crippen LogP) is 3.21. The molecule has 1 aromatic heterocycles. The van der Waals surface area contributed by atoms with Crippen LogP contribution in [-0.4, -0.2) is 21.0 Å². The molecule has 0 aliphatic rings. The molecule has 1 aromatic carbocycles. The number of carboxylic acids is 1. The third-order valence-electron chi connectivity index (χ3n) is 2.39. The van der Waals surface area contributed by atoms with Crippen molar-refractivity contribution in [3.05, 3.63) is 57.3 Å². The maximum Gasteiger partial charge on any atom is 0.356 e. The van der Waals surface area contributed by atoms with Crippen molar-refractivity contribution in [3.63, 3.8) is 0 Å². The monoisotopic (exact) mass is 300 g/mol. The first-order valence-electron chi connectivity index (χ1n) is 5.16. The molecule has 0 atom stereocenters. The van der Waals surface area contributed by atoms with E-state index in [2.05, 4.69) is 9.97 Å². The zero-order valence-corrected chi connectivity index (χ0v) is 10.9. The van der Waals surface area contributed by atoms with Gasteiger partial charge in [-0.3, -0.25) is 0 Å². The molecule has 2 rings (SSSR count). The standard InChI is InChI=1S/C12H7Cl2FN2O2/c13-7-2-1-3-9(15)6(7)4-10-16-5-8(14)11(17-10)12(18)19/h1-3,5H,4H2,(H,18,19). The molecule has 19 heavy (non-hydrogen) atoms. The van der Waals surface area contributed by atoms with Crippen molar-refractivity contribution in [3.8, 4) is 0 Å². The molecule has 98 valence electrons. The van der Waals surface area contributed by atoms with Gasteiger partial charge in [0.05, 0.1) is 11.2 Å². The van der Waals surface area contributed by atoms with E-state index in [0.29, 0.717) is 0 Å². The van der Waals surface area contributed by atoms with E-state index in [1.807, 2.05) is 0 Å². The molecular formula is C12H7Cl2FN2O2. The van der Waals surface area contributed by atoms with E-state index in [-0.39, 0.29) is 33.5 Å². The summed E-state index contributed by atoms with van der Waals surface area (Å²) in [4.78, 5) is 18.5. The molecule has 0 spiro atoms. The lowest BCUT2D eigenvalue weighted by atomic mass is 10.1. The van der Waals surface area contributed by atoms with Crippen LogP contribution < -0.4 is 0 Å². The summed E-state index contributed by atoms with van der Waals surface area (Å²) in [6, 6.07) is 4.27. The lowest BCUT2D eigenvalue weighted by Gasteiger charge is -2.06. The van der Waals surface area contributed by atoms with Gasteiger partial charge in [0.25, 0.3) is 0 Å². The third-order valence-corrected chi connectivity index (χ3v) is 3.02. The molecule has 0 bridgehead atoms. The molecule has 2 aromatic rings. The number of aromatic carboxylic acids is 1. The fourth-order valence-electron chi connectivity index (χ4n) is 1.50. The molecule has 0 aliphatic heterocycles. The summed E-state index contributed by atoms with van der Waals surface area (Å²) in [6.45, 7) is 0. The van der Waals surface area contributed by atoms with Crippen LogP contribution in [0.15, 0.2) is 24.4 Å². The molecule has 1 heterocycles. The molecule has 0 radical (unpaired) electrons. The van der Waals surface area contributed by atoms with Crippen molar-refractivity contribution < 1.29 is 14.3 Å². The summed E-state index contributed by atoms with van der Waals surface area (Å²) in [5, 5.41) is 9.05. The van der Waals surface area contributed by atoms with E-state index in [1.54, 1.807) is 0 Å². The average molecular weight is 301 g/mol. The second kappa shape index (κ2) is 5.50. The van der Waals surface area contributed by atoms with Crippen molar-refractivity contribution in [2.75, 3.05) is 0 Å². The van der Waals surface area contributed by atoms with E-state index >= 15 is 0 Å². The highest BCUT2D eigenvalue weighted by atomic mass is 35.5. The minimum absolute atomic E-state index is 0.0110. The van der Waals surface area contributed by atoms with E-state index in [0.717, 1.165) is 0 Å². The second-order valence-electron chi connectivity index (χ2n) is 3.66. The summed E-state index contributed by atoms with van der Waals surface area (Å²) in [7, 11) is 0. The van der Waals surface area contributed by atoms with Gasteiger partial charge in [0.2, 0.25) is 0 Å². The first kappa shape index (κ1) is 13.7. The molecule has 1 N–H and O–H groups in total. The Morgan fingerprint density at radius 1 is 1.32 bits per heavy atom. The number of nitrogens with zero attached hydrogens (tertiary/aromatic N) is 2. The SMILES string of the molecule is O=C(O)c1nc(Cc2c(F)cccc2Cl)ncc1Cl. The maximum atomic E-state index is 13.6. The first-order chi connectivity index (χ1) is 8.99. The number of carboxylic acid groups (broad SMARTS) is 1. The van der Waals surface area contributed by atoms with Gasteiger partial charge in [-0.05, 0) is 12.1 Å².